The molecule has 37 heavy (non-hydrogen) atoms. The Bertz CT molecular complexity index is 1170. The lowest BCUT2D eigenvalue weighted by Crippen LogP contribution is -2.47. The van der Waals surface area contributed by atoms with E-state index >= 15 is 0 Å². The first-order chi connectivity index (χ1) is 17.9. The minimum absolute atomic E-state index is 0.151. The fourth-order valence-corrected chi connectivity index (χ4v) is 4.91. The molecule has 2 fully saturated rings. The van der Waals surface area contributed by atoms with Gasteiger partial charge in [0.25, 0.3) is 0 Å². The molecule has 1 aliphatic carbocycles. The Kier molecular flexibility index (Phi) is 7.50. The highest BCUT2D eigenvalue weighted by Gasteiger charge is 2.50. The summed E-state index contributed by atoms with van der Waals surface area (Å²) in [4.78, 5) is 9.22. The number of aromatic nitrogens is 2. The summed E-state index contributed by atoms with van der Waals surface area (Å²) in [6.45, 7) is 6.15. The zero-order valence-electron chi connectivity index (χ0n) is 20.9. The molecule has 1 aliphatic heterocycles. The summed E-state index contributed by atoms with van der Waals surface area (Å²) < 4.78 is 49.6. The first kappa shape index (κ1) is 25.7. The topological polar surface area (TPSA) is 66.7 Å². The van der Waals surface area contributed by atoms with Gasteiger partial charge in [-0.15, -0.1) is 0 Å². The zero-order chi connectivity index (χ0) is 25.9. The molecule has 10 heteroatoms. The lowest BCUT2D eigenvalue weighted by atomic mass is 9.95. The van der Waals surface area contributed by atoms with Gasteiger partial charge in [0.05, 0.1) is 24.6 Å². The van der Waals surface area contributed by atoms with Crippen LogP contribution in [0.25, 0.3) is 0 Å². The van der Waals surface area contributed by atoms with Gasteiger partial charge in [0, 0.05) is 45.8 Å². The number of hydrogen-bond acceptors (Lipinski definition) is 7. The van der Waals surface area contributed by atoms with Crippen LogP contribution in [0.3, 0.4) is 0 Å². The van der Waals surface area contributed by atoms with Crippen LogP contribution in [-0.4, -0.2) is 66.3 Å². The van der Waals surface area contributed by atoms with Crippen LogP contribution >= 0.6 is 0 Å². The van der Waals surface area contributed by atoms with Gasteiger partial charge in [0.2, 0.25) is 5.89 Å². The Labute approximate surface area is 214 Å². The second-order valence-corrected chi connectivity index (χ2v) is 9.82. The monoisotopic (exact) mass is 515 g/mol. The highest BCUT2D eigenvalue weighted by molar-refractivity contribution is 5.41. The molecular weight excluding hydrogens is 483 g/mol. The van der Waals surface area contributed by atoms with Crippen LogP contribution in [0.1, 0.15) is 41.2 Å². The molecule has 0 atom stereocenters. The average molecular weight is 516 g/mol. The SMILES string of the molecule is COc1ccc(C2(c3noc(CNCCN4CCN(Cc5cccc(C(F)(F)F)c5)CC4)n3)CC2)cc1. The van der Waals surface area contributed by atoms with Gasteiger partial charge in [-0.2, -0.15) is 18.2 Å². The number of ether oxygens (including phenoxy) is 1. The molecule has 2 aromatic carbocycles. The summed E-state index contributed by atoms with van der Waals surface area (Å²) in [6, 6.07) is 13.7. The summed E-state index contributed by atoms with van der Waals surface area (Å²) in [7, 11) is 1.66. The van der Waals surface area contributed by atoms with Crippen LogP contribution in [0.4, 0.5) is 13.2 Å². The third kappa shape index (κ3) is 6.14. The number of alkyl halides is 3. The first-order valence-electron chi connectivity index (χ1n) is 12.6. The number of methoxy groups -OCH3 is 1. The molecular formula is C27H32F3N5O2. The Morgan fingerprint density at radius 3 is 2.43 bits per heavy atom. The first-order valence-corrected chi connectivity index (χ1v) is 12.6. The number of benzene rings is 2. The minimum Gasteiger partial charge on any atom is -0.497 e. The van der Waals surface area contributed by atoms with Crippen LogP contribution in [0.5, 0.6) is 5.75 Å². The van der Waals surface area contributed by atoms with E-state index in [0.29, 0.717) is 24.5 Å². The van der Waals surface area contributed by atoms with E-state index < -0.39 is 11.7 Å². The molecule has 5 rings (SSSR count). The maximum Gasteiger partial charge on any atom is 0.416 e. The summed E-state index contributed by atoms with van der Waals surface area (Å²) >= 11 is 0. The van der Waals surface area contributed by atoms with Gasteiger partial charge in [-0.05, 0) is 42.2 Å². The molecule has 198 valence electrons. The molecule has 2 heterocycles. The highest BCUT2D eigenvalue weighted by atomic mass is 19.4. The van der Waals surface area contributed by atoms with Crippen LogP contribution in [0.15, 0.2) is 53.1 Å². The van der Waals surface area contributed by atoms with Gasteiger partial charge in [-0.1, -0.05) is 35.5 Å². The maximum absolute atomic E-state index is 13.0. The fourth-order valence-electron chi connectivity index (χ4n) is 4.91. The van der Waals surface area contributed by atoms with Gasteiger partial charge in [0.1, 0.15) is 5.75 Å². The van der Waals surface area contributed by atoms with Crippen LogP contribution in [0, 0.1) is 0 Å². The van der Waals surface area contributed by atoms with Crippen molar-refractivity contribution in [3.05, 3.63) is 76.9 Å². The Balaban J connectivity index is 1.03. The van der Waals surface area contributed by atoms with E-state index in [0.717, 1.165) is 69.8 Å². The number of piperazine rings is 1. The van der Waals surface area contributed by atoms with Gasteiger partial charge < -0.3 is 14.6 Å². The average Bonchev–Trinajstić information content (AvgIpc) is 3.58. The van der Waals surface area contributed by atoms with Gasteiger partial charge in [-0.3, -0.25) is 9.80 Å². The number of nitrogens with zero attached hydrogens (tertiary/aromatic N) is 4. The standard InChI is InChI=1S/C27H32F3N5O2/c1-36-23-7-5-21(6-8-23)26(9-10-26)25-32-24(37-33-25)18-31-11-12-34-13-15-35(16-14-34)19-20-3-2-4-22(17-20)27(28,29)30/h2-8,17,31H,9-16,18-19H2,1H3. The van der Waals surface area contributed by atoms with Gasteiger partial charge in [0.15, 0.2) is 5.82 Å². The number of nitrogens with one attached hydrogen (secondary N) is 1. The van der Waals surface area contributed by atoms with Crippen molar-refractivity contribution in [1.82, 2.24) is 25.3 Å². The lowest BCUT2D eigenvalue weighted by molar-refractivity contribution is -0.137. The van der Waals surface area contributed by atoms with E-state index in [1.165, 1.54) is 17.7 Å². The van der Waals surface area contributed by atoms with Crippen molar-refractivity contribution < 1.29 is 22.4 Å². The molecule has 1 aromatic heterocycles. The molecule has 0 amide bonds. The molecule has 1 N–H and O–H groups in total. The highest BCUT2D eigenvalue weighted by Crippen LogP contribution is 2.52. The maximum atomic E-state index is 13.0. The zero-order valence-corrected chi connectivity index (χ0v) is 20.9. The Morgan fingerprint density at radius 2 is 1.76 bits per heavy atom. The summed E-state index contributed by atoms with van der Waals surface area (Å²) in [6.07, 6.45) is -2.29. The quantitative estimate of drug-likeness (QED) is 0.408. The smallest absolute Gasteiger partial charge is 0.416 e. The van der Waals surface area contributed by atoms with Crippen LogP contribution in [0.2, 0.25) is 0 Å². The van der Waals surface area contributed by atoms with Crippen molar-refractivity contribution in [1.29, 1.82) is 0 Å². The van der Waals surface area contributed by atoms with E-state index in [4.69, 9.17) is 9.26 Å². The predicted octanol–water partition coefficient (Wildman–Crippen LogP) is 4.08. The molecule has 1 saturated carbocycles. The van der Waals surface area contributed by atoms with Crippen molar-refractivity contribution in [2.75, 3.05) is 46.4 Å². The third-order valence-corrected chi connectivity index (χ3v) is 7.30. The number of hydrogen-bond donors (Lipinski definition) is 1. The Morgan fingerprint density at radius 1 is 1.03 bits per heavy atom. The normalized spacial score (nSPS) is 18.2. The molecule has 2 aliphatic rings. The van der Waals surface area contributed by atoms with Crippen molar-refractivity contribution in [3.63, 3.8) is 0 Å². The molecule has 0 radical (unpaired) electrons. The van der Waals surface area contributed by atoms with Crippen molar-refractivity contribution >= 4 is 0 Å². The van der Waals surface area contributed by atoms with Crippen molar-refractivity contribution in [2.45, 2.75) is 37.5 Å². The van der Waals surface area contributed by atoms with Gasteiger partial charge >= 0.3 is 6.18 Å². The molecule has 1 saturated heterocycles. The van der Waals surface area contributed by atoms with Crippen LogP contribution in [-0.2, 0) is 24.7 Å². The summed E-state index contributed by atoms with van der Waals surface area (Å²) in [5.41, 5.74) is 1.14. The predicted molar refractivity (Wildman–Crippen MR) is 132 cm³/mol. The Hall–Kier alpha value is -2.95. The number of halogens is 3. The number of rotatable bonds is 10. The fraction of sp³-hybridized carbons (Fsp3) is 0.481. The van der Waals surface area contributed by atoms with Crippen LogP contribution < -0.4 is 10.1 Å². The molecule has 0 spiro atoms. The van der Waals surface area contributed by atoms with E-state index in [2.05, 4.69) is 37.4 Å². The molecule has 3 aromatic rings. The lowest BCUT2D eigenvalue weighted by Gasteiger charge is -2.34. The summed E-state index contributed by atoms with van der Waals surface area (Å²) in [5, 5.41) is 7.65. The second kappa shape index (κ2) is 10.8. The van der Waals surface area contributed by atoms with E-state index in [1.54, 1.807) is 13.2 Å². The minimum atomic E-state index is -4.31. The third-order valence-electron chi connectivity index (χ3n) is 7.30. The van der Waals surface area contributed by atoms with Crippen molar-refractivity contribution in [3.8, 4) is 5.75 Å². The van der Waals surface area contributed by atoms with Gasteiger partial charge in [-0.25, -0.2) is 0 Å². The van der Waals surface area contributed by atoms with Crippen molar-refractivity contribution in [2.24, 2.45) is 0 Å². The molecule has 0 unspecified atom stereocenters. The van der Waals surface area contributed by atoms with E-state index in [-0.39, 0.29) is 5.41 Å². The second-order valence-electron chi connectivity index (χ2n) is 9.82. The molecule has 7 nitrogen and oxygen atoms in total. The largest absolute Gasteiger partial charge is 0.497 e. The van der Waals surface area contributed by atoms with E-state index in [1.807, 2.05) is 12.1 Å². The molecule has 0 bridgehead atoms. The summed E-state index contributed by atoms with van der Waals surface area (Å²) in [5.74, 6) is 2.15. The van der Waals surface area contributed by atoms with E-state index in [9.17, 15) is 13.2 Å².